The van der Waals surface area contributed by atoms with E-state index in [9.17, 15) is 4.79 Å². The highest BCUT2D eigenvalue weighted by atomic mass is 35.5. The molecule has 0 bridgehead atoms. The molecule has 6 heteroatoms. The zero-order valence-corrected chi connectivity index (χ0v) is 10.5. The van der Waals surface area contributed by atoms with E-state index in [0.29, 0.717) is 28.1 Å². The van der Waals surface area contributed by atoms with Crippen molar-refractivity contribution in [2.45, 2.75) is 6.42 Å². The van der Waals surface area contributed by atoms with E-state index in [1.54, 1.807) is 18.2 Å². The second kappa shape index (κ2) is 5.38. The van der Waals surface area contributed by atoms with Crippen molar-refractivity contribution < 1.29 is 4.79 Å². The first-order valence-corrected chi connectivity index (χ1v) is 5.96. The van der Waals surface area contributed by atoms with E-state index in [1.165, 1.54) is 0 Å². The second-order valence-electron chi connectivity index (χ2n) is 3.62. The van der Waals surface area contributed by atoms with E-state index in [4.69, 9.17) is 23.2 Å². The number of carbonyl (C=O) groups excluding carboxylic acids is 1. The highest BCUT2D eigenvalue weighted by Crippen LogP contribution is 2.22. The van der Waals surface area contributed by atoms with Crippen LogP contribution in [0.15, 0.2) is 23.2 Å². The van der Waals surface area contributed by atoms with Crippen molar-refractivity contribution in [1.82, 2.24) is 5.32 Å². The molecule has 2 N–H and O–H groups in total. The summed E-state index contributed by atoms with van der Waals surface area (Å²) in [6.45, 7) is 1.44. The van der Waals surface area contributed by atoms with Gasteiger partial charge in [0.15, 0.2) is 5.84 Å². The maximum atomic E-state index is 11.8. The molecule has 1 aromatic carbocycles. The van der Waals surface area contributed by atoms with E-state index < -0.39 is 0 Å². The molecule has 0 aliphatic carbocycles. The molecule has 1 amide bonds. The molecule has 0 radical (unpaired) electrons. The molecular weight excluding hydrogens is 261 g/mol. The molecule has 17 heavy (non-hydrogen) atoms. The summed E-state index contributed by atoms with van der Waals surface area (Å²) < 4.78 is 0. The molecule has 1 aliphatic rings. The third-order valence-electron chi connectivity index (χ3n) is 2.23. The molecule has 4 nitrogen and oxygen atoms in total. The van der Waals surface area contributed by atoms with Crippen molar-refractivity contribution in [3.8, 4) is 0 Å². The number of halogens is 2. The van der Waals surface area contributed by atoms with Gasteiger partial charge in [-0.3, -0.25) is 9.79 Å². The smallest absolute Gasteiger partial charge is 0.290 e. The van der Waals surface area contributed by atoms with Crippen LogP contribution in [0.1, 0.15) is 6.42 Å². The van der Waals surface area contributed by atoms with Gasteiger partial charge in [-0.1, -0.05) is 23.2 Å². The standard InChI is InChI=1S/C11H11Cl2N3O/c12-7-4-8(13)6-9(5-7)16-11(17)10-14-2-1-3-15-10/h4-6H,1-3H2,(H,14,15)(H,16,17). The van der Waals surface area contributed by atoms with Crippen LogP contribution < -0.4 is 10.6 Å². The monoisotopic (exact) mass is 271 g/mol. The third-order valence-corrected chi connectivity index (χ3v) is 2.67. The van der Waals surface area contributed by atoms with Gasteiger partial charge in [0.2, 0.25) is 0 Å². The lowest BCUT2D eigenvalue weighted by atomic mass is 10.3. The van der Waals surface area contributed by atoms with E-state index in [2.05, 4.69) is 15.6 Å². The van der Waals surface area contributed by atoms with Crippen LogP contribution in [0.4, 0.5) is 5.69 Å². The van der Waals surface area contributed by atoms with Crippen LogP contribution >= 0.6 is 23.2 Å². The molecule has 0 saturated heterocycles. The molecule has 0 aromatic heterocycles. The number of nitrogens with one attached hydrogen (secondary N) is 2. The van der Waals surface area contributed by atoms with Crippen molar-refractivity contribution in [3.63, 3.8) is 0 Å². The number of amidine groups is 1. The number of benzene rings is 1. The van der Waals surface area contributed by atoms with E-state index in [-0.39, 0.29) is 5.91 Å². The molecule has 1 heterocycles. The normalized spacial score (nSPS) is 14.8. The summed E-state index contributed by atoms with van der Waals surface area (Å²) in [4.78, 5) is 15.9. The molecule has 0 spiro atoms. The number of hydrogen-bond acceptors (Lipinski definition) is 3. The van der Waals surface area contributed by atoms with Gasteiger partial charge in [0.1, 0.15) is 0 Å². The van der Waals surface area contributed by atoms with Gasteiger partial charge in [-0.05, 0) is 24.6 Å². The topological polar surface area (TPSA) is 53.5 Å². The van der Waals surface area contributed by atoms with Gasteiger partial charge in [0.25, 0.3) is 5.91 Å². The summed E-state index contributed by atoms with van der Waals surface area (Å²) in [6.07, 6.45) is 0.944. The number of nitrogens with zero attached hydrogens (tertiary/aromatic N) is 1. The number of carbonyl (C=O) groups is 1. The molecular formula is C11H11Cl2N3O. The highest BCUT2D eigenvalue weighted by Gasteiger charge is 2.13. The Hall–Kier alpha value is -1.26. The van der Waals surface area contributed by atoms with Crippen molar-refractivity contribution in [2.24, 2.45) is 4.99 Å². The molecule has 0 atom stereocenters. The summed E-state index contributed by atoms with van der Waals surface area (Å²) in [6, 6.07) is 4.87. The average Bonchev–Trinajstić information content (AvgIpc) is 2.28. The van der Waals surface area contributed by atoms with Gasteiger partial charge in [0, 0.05) is 28.8 Å². The molecule has 0 unspecified atom stereocenters. The molecule has 1 aliphatic heterocycles. The first-order chi connectivity index (χ1) is 8.15. The van der Waals surface area contributed by atoms with Crippen LogP contribution in [0, 0.1) is 0 Å². The minimum atomic E-state index is -0.275. The first-order valence-electron chi connectivity index (χ1n) is 5.21. The number of aliphatic imine (C=N–C) groups is 1. The van der Waals surface area contributed by atoms with Crippen LogP contribution in [0.3, 0.4) is 0 Å². The van der Waals surface area contributed by atoms with Gasteiger partial charge < -0.3 is 10.6 Å². The Morgan fingerprint density at radius 1 is 1.29 bits per heavy atom. The molecule has 1 aromatic rings. The lowest BCUT2D eigenvalue weighted by Gasteiger charge is -2.14. The van der Waals surface area contributed by atoms with Gasteiger partial charge in [-0.15, -0.1) is 0 Å². The van der Waals surface area contributed by atoms with Gasteiger partial charge in [0.05, 0.1) is 0 Å². The Morgan fingerprint density at radius 3 is 2.59 bits per heavy atom. The molecule has 90 valence electrons. The van der Waals surface area contributed by atoms with E-state index in [0.717, 1.165) is 13.0 Å². The Labute approximate surface area is 109 Å². The zero-order valence-electron chi connectivity index (χ0n) is 8.96. The minimum absolute atomic E-state index is 0.275. The maximum absolute atomic E-state index is 11.8. The summed E-state index contributed by atoms with van der Waals surface area (Å²) >= 11 is 11.7. The fourth-order valence-corrected chi connectivity index (χ4v) is 2.03. The van der Waals surface area contributed by atoms with Crippen LogP contribution in [0.5, 0.6) is 0 Å². The second-order valence-corrected chi connectivity index (χ2v) is 4.50. The predicted molar refractivity (Wildman–Crippen MR) is 70.0 cm³/mol. The summed E-state index contributed by atoms with van der Waals surface area (Å²) in [5.74, 6) is 0.0791. The Balaban J connectivity index is 2.09. The minimum Gasteiger partial charge on any atom is -0.366 e. The Kier molecular flexibility index (Phi) is 3.86. The zero-order chi connectivity index (χ0) is 12.3. The number of amides is 1. The third kappa shape index (κ3) is 3.35. The predicted octanol–water partition coefficient (Wildman–Crippen LogP) is 2.32. The summed E-state index contributed by atoms with van der Waals surface area (Å²) in [7, 11) is 0. The first kappa shape index (κ1) is 12.2. The fourth-order valence-electron chi connectivity index (χ4n) is 1.50. The van der Waals surface area contributed by atoms with E-state index >= 15 is 0 Å². The quantitative estimate of drug-likeness (QED) is 0.868. The SMILES string of the molecule is O=C(Nc1cc(Cl)cc(Cl)c1)C1=NCCCN1. The molecule has 0 fully saturated rings. The number of hydrogen-bond donors (Lipinski definition) is 2. The van der Waals surface area contributed by atoms with Crippen molar-refractivity contribution >= 4 is 40.6 Å². The lowest BCUT2D eigenvalue weighted by Crippen LogP contribution is -2.39. The van der Waals surface area contributed by atoms with E-state index in [1.807, 2.05) is 0 Å². The Morgan fingerprint density at radius 2 is 2.00 bits per heavy atom. The van der Waals surface area contributed by atoms with Gasteiger partial charge in [-0.2, -0.15) is 0 Å². The number of rotatable bonds is 2. The van der Waals surface area contributed by atoms with Crippen LogP contribution in [-0.2, 0) is 4.79 Å². The van der Waals surface area contributed by atoms with Crippen molar-refractivity contribution in [1.29, 1.82) is 0 Å². The van der Waals surface area contributed by atoms with Gasteiger partial charge in [-0.25, -0.2) is 0 Å². The van der Waals surface area contributed by atoms with Crippen LogP contribution in [0.25, 0.3) is 0 Å². The fraction of sp³-hybridized carbons (Fsp3) is 0.273. The number of anilines is 1. The lowest BCUT2D eigenvalue weighted by molar-refractivity contribution is -0.110. The average molecular weight is 272 g/mol. The summed E-state index contributed by atoms with van der Waals surface area (Å²) in [5, 5.41) is 6.59. The molecule has 0 saturated carbocycles. The van der Waals surface area contributed by atoms with Crippen LogP contribution in [-0.4, -0.2) is 24.8 Å². The largest absolute Gasteiger partial charge is 0.366 e. The summed E-state index contributed by atoms with van der Waals surface area (Å²) in [5.41, 5.74) is 0.558. The van der Waals surface area contributed by atoms with Crippen molar-refractivity contribution in [2.75, 3.05) is 18.4 Å². The maximum Gasteiger partial charge on any atom is 0.290 e. The Bertz CT molecular complexity index is 454. The van der Waals surface area contributed by atoms with Gasteiger partial charge >= 0.3 is 0 Å². The molecule has 2 rings (SSSR count). The highest BCUT2D eigenvalue weighted by molar-refractivity contribution is 6.42. The van der Waals surface area contributed by atoms with Crippen molar-refractivity contribution in [3.05, 3.63) is 28.2 Å². The van der Waals surface area contributed by atoms with Crippen LogP contribution in [0.2, 0.25) is 10.0 Å².